The molecule has 18 heavy (non-hydrogen) atoms. The van der Waals surface area contributed by atoms with Crippen molar-refractivity contribution in [2.24, 2.45) is 5.92 Å². The van der Waals surface area contributed by atoms with Gasteiger partial charge in [0.25, 0.3) is 0 Å². The Morgan fingerprint density at radius 1 is 1.28 bits per heavy atom. The molecule has 1 aromatic carbocycles. The average Bonchev–Trinajstić information content (AvgIpc) is 2.21. The van der Waals surface area contributed by atoms with Crippen LogP contribution < -0.4 is 5.73 Å². The monoisotopic (exact) mass is 257 g/mol. The van der Waals surface area contributed by atoms with Gasteiger partial charge in [0.1, 0.15) is 11.6 Å². The predicted molar refractivity (Wildman–Crippen MR) is 65.1 cm³/mol. The van der Waals surface area contributed by atoms with Crippen LogP contribution in [0.3, 0.4) is 0 Å². The molecular formula is C13H17F2NO2. The van der Waals surface area contributed by atoms with Crippen molar-refractivity contribution in [1.82, 2.24) is 0 Å². The number of benzene rings is 1. The SMILES string of the molecule is CC(C)CC(C)OC(=O)c1cc(N)c(F)cc1F. The highest BCUT2D eigenvalue weighted by atomic mass is 19.1. The second kappa shape index (κ2) is 5.80. The first-order chi connectivity index (χ1) is 8.31. The third-order valence-electron chi connectivity index (χ3n) is 2.42. The van der Waals surface area contributed by atoms with Gasteiger partial charge in [-0.25, -0.2) is 13.6 Å². The van der Waals surface area contributed by atoms with Crippen molar-refractivity contribution in [3.05, 3.63) is 29.3 Å². The molecule has 0 aliphatic carbocycles. The number of hydrogen-bond donors (Lipinski definition) is 1. The lowest BCUT2D eigenvalue weighted by atomic mass is 10.1. The molecule has 0 amide bonds. The van der Waals surface area contributed by atoms with E-state index < -0.39 is 17.6 Å². The highest BCUT2D eigenvalue weighted by Gasteiger charge is 2.19. The highest BCUT2D eigenvalue weighted by Crippen LogP contribution is 2.19. The van der Waals surface area contributed by atoms with E-state index in [1.54, 1.807) is 6.92 Å². The Morgan fingerprint density at radius 3 is 2.44 bits per heavy atom. The Morgan fingerprint density at radius 2 is 1.89 bits per heavy atom. The van der Waals surface area contributed by atoms with Crippen LogP contribution in [0.5, 0.6) is 0 Å². The molecule has 1 aromatic rings. The summed E-state index contributed by atoms with van der Waals surface area (Å²) < 4.78 is 31.4. The van der Waals surface area contributed by atoms with Gasteiger partial charge in [-0.15, -0.1) is 0 Å². The van der Waals surface area contributed by atoms with Gasteiger partial charge in [-0.05, 0) is 25.3 Å². The maximum atomic E-state index is 13.4. The summed E-state index contributed by atoms with van der Waals surface area (Å²) in [6.45, 7) is 5.70. The molecule has 1 unspecified atom stereocenters. The summed E-state index contributed by atoms with van der Waals surface area (Å²) in [5.41, 5.74) is 4.67. The molecule has 2 N–H and O–H groups in total. The van der Waals surface area contributed by atoms with E-state index >= 15 is 0 Å². The fourth-order valence-corrected chi connectivity index (χ4v) is 1.68. The van der Waals surface area contributed by atoms with Crippen LogP contribution in [-0.2, 0) is 4.74 Å². The fraction of sp³-hybridized carbons (Fsp3) is 0.462. The van der Waals surface area contributed by atoms with Crippen LogP contribution in [0.1, 0.15) is 37.6 Å². The number of nitrogen functional groups attached to an aromatic ring is 1. The van der Waals surface area contributed by atoms with Crippen molar-refractivity contribution in [3.8, 4) is 0 Å². The molecule has 0 spiro atoms. The van der Waals surface area contributed by atoms with E-state index in [4.69, 9.17) is 10.5 Å². The van der Waals surface area contributed by atoms with Crippen molar-refractivity contribution in [3.63, 3.8) is 0 Å². The third kappa shape index (κ3) is 3.68. The minimum absolute atomic E-state index is 0.278. The lowest BCUT2D eigenvalue weighted by Gasteiger charge is -2.15. The van der Waals surface area contributed by atoms with Crippen LogP contribution in [0.25, 0.3) is 0 Å². The number of halogens is 2. The number of esters is 1. The average molecular weight is 257 g/mol. The van der Waals surface area contributed by atoms with Gasteiger partial charge in [0.05, 0.1) is 17.4 Å². The Hall–Kier alpha value is -1.65. The first-order valence-electron chi connectivity index (χ1n) is 5.76. The number of rotatable bonds is 4. The first kappa shape index (κ1) is 14.4. The van der Waals surface area contributed by atoms with E-state index in [0.29, 0.717) is 18.4 Å². The fourth-order valence-electron chi connectivity index (χ4n) is 1.68. The summed E-state index contributed by atoms with van der Waals surface area (Å²) in [5, 5.41) is 0. The molecule has 0 aromatic heterocycles. The summed E-state index contributed by atoms with van der Waals surface area (Å²) in [7, 11) is 0. The molecule has 100 valence electrons. The van der Waals surface area contributed by atoms with Gasteiger partial charge in [-0.2, -0.15) is 0 Å². The van der Waals surface area contributed by atoms with Crippen molar-refractivity contribution >= 4 is 11.7 Å². The van der Waals surface area contributed by atoms with Gasteiger partial charge < -0.3 is 10.5 Å². The van der Waals surface area contributed by atoms with Crippen LogP contribution >= 0.6 is 0 Å². The maximum absolute atomic E-state index is 13.4. The van der Waals surface area contributed by atoms with Crippen molar-refractivity contribution < 1.29 is 18.3 Å². The minimum Gasteiger partial charge on any atom is -0.459 e. The molecule has 3 nitrogen and oxygen atoms in total. The lowest BCUT2D eigenvalue weighted by molar-refractivity contribution is 0.0294. The standard InChI is InChI=1S/C13H17F2NO2/c1-7(2)4-8(3)18-13(17)9-5-12(16)11(15)6-10(9)14/h5-8H,4,16H2,1-3H3. The Kier molecular flexibility index (Phi) is 4.64. The molecule has 0 fully saturated rings. The van der Waals surface area contributed by atoms with Crippen LogP contribution in [0.4, 0.5) is 14.5 Å². The smallest absolute Gasteiger partial charge is 0.341 e. The Balaban J connectivity index is 2.82. The second-order valence-electron chi connectivity index (χ2n) is 4.70. The van der Waals surface area contributed by atoms with Crippen LogP contribution in [0, 0.1) is 17.6 Å². The molecule has 0 saturated heterocycles. The molecule has 0 bridgehead atoms. The normalized spacial score (nSPS) is 12.6. The summed E-state index contributed by atoms with van der Waals surface area (Å²) >= 11 is 0. The zero-order valence-corrected chi connectivity index (χ0v) is 10.7. The number of nitrogens with two attached hydrogens (primary N) is 1. The quantitative estimate of drug-likeness (QED) is 0.666. The summed E-state index contributed by atoms with van der Waals surface area (Å²) in [4.78, 5) is 11.7. The molecule has 0 heterocycles. The van der Waals surface area contributed by atoms with Crippen molar-refractivity contribution in [1.29, 1.82) is 0 Å². The molecule has 1 atom stereocenters. The van der Waals surface area contributed by atoms with Gasteiger partial charge in [0.2, 0.25) is 0 Å². The first-order valence-corrected chi connectivity index (χ1v) is 5.76. The molecular weight excluding hydrogens is 240 g/mol. The van der Waals surface area contributed by atoms with Crippen LogP contribution in [0.2, 0.25) is 0 Å². The van der Waals surface area contributed by atoms with Gasteiger partial charge in [-0.3, -0.25) is 0 Å². The Bertz CT molecular complexity index is 447. The zero-order valence-electron chi connectivity index (χ0n) is 10.7. The molecule has 0 aliphatic rings. The third-order valence-corrected chi connectivity index (χ3v) is 2.42. The van der Waals surface area contributed by atoms with E-state index in [2.05, 4.69) is 0 Å². The molecule has 1 rings (SSSR count). The number of carbonyl (C=O) groups excluding carboxylic acids is 1. The van der Waals surface area contributed by atoms with E-state index in [0.717, 1.165) is 6.07 Å². The number of hydrogen-bond acceptors (Lipinski definition) is 3. The number of carbonyl (C=O) groups is 1. The van der Waals surface area contributed by atoms with Crippen LogP contribution in [-0.4, -0.2) is 12.1 Å². The lowest BCUT2D eigenvalue weighted by Crippen LogP contribution is -2.18. The Labute approximate surface area is 105 Å². The molecule has 0 aliphatic heterocycles. The predicted octanol–water partition coefficient (Wildman–Crippen LogP) is 3.14. The van der Waals surface area contributed by atoms with Crippen molar-refractivity contribution in [2.75, 3.05) is 5.73 Å². The van der Waals surface area contributed by atoms with Gasteiger partial charge >= 0.3 is 5.97 Å². The van der Waals surface area contributed by atoms with Crippen molar-refractivity contribution in [2.45, 2.75) is 33.3 Å². The van der Waals surface area contributed by atoms with E-state index in [9.17, 15) is 13.6 Å². The second-order valence-corrected chi connectivity index (χ2v) is 4.70. The minimum atomic E-state index is -0.969. The summed E-state index contributed by atoms with van der Waals surface area (Å²) in [6.07, 6.45) is 0.340. The summed E-state index contributed by atoms with van der Waals surface area (Å²) in [5.74, 6) is -2.33. The van der Waals surface area contributed by atoms with Crippen LogP contribution in [0.15, 0.2) is 12.1 Å². The highest BCUT2D eigenvalue weighted by molar-refractivity contribution is 5.90. The van der Waals surface area contributed by atoms with E-state index in [1.165, 1.54) is 0 Å². The molecule has 0 saturated carbocycles. The molecule has 0 radical (unpaired) electrons. The molecule has 5 heteroatoms. The largest absolute Gasteiger partial charge is 0.459 e. The topological polar surface area (TPSA) is 52.3 Å². The van der Waals surface area contributed by atoms with E-state index in [1.807, 2.05) is 13.8 Å². The maximum Gasteiger partial charge on any atom is 0.341 e. The van der Waals surface area contributed by atoms with Gasteiger partial charge in [-0.1, -0.05) is 13.8 Å². The summed E-state index contributed by atoms with van der Waals surface area (Å²) in [6, 6.07) is 1.54. The zero-order chi connectivity index (χ0) is 13.9. The number of anilines is 1. The van der Waals surface area contributed by atoms with Gasteiger partial charge in [0, 0.05) is 6.07 Å². The van der Waals surface area contributed by atoms with Gasteiger partial charge in [0.15, 0.2) is 0 Å². The van der Waals surface area contributed by atoms with E-state index in [-0.39, 0.29) is 17.4 Å². The number of ether oxygens (including phenoxy) is 1.